The Balaban J connectivity index is 1.72. The van der Waals surface area contributed by atoms with E-state index in [-0.39, 0.29) is 0 Å². The van der Waals surface area contributed by atoms with Crippen LogP contribution in [-0.2, 0) is 12.8 Å². The summed E-state index contributed by atoms with van der Waals surface area (Å²) >= 11 is 0. The van der Waals surface area contributed by atoms with Crippen LogP contribution in [0.4, 0.5) is 0 Å². The Morgan fingerprint density at radius 1 is 1.25 bits per heavy atom. The van der Waals surface area contributed by atoms with Crippen LogP contribution >= 0.6 is 0 Å². The fourth-order valence-electron chi connectivity index (χ4n) is 2.89. The lowest BCUT2D eigenvalue weighted by atomic mass is 9.87. The molecule has 0 bridgehead atoms. The first kappa shape index (κ1) is 13.1. The molecule has 0 fully saturated rings. The maximum atomic E-state index is 5.90. The molecule has 0 saturated heterocycles. The Hall–Kier alpha value is -1.87. The number of fused-ring (bicyclic) bond motifs is 1. The number of hydrogen-bond acceptors (Lipinski definition) is 3. The maximum absolute atomic E-state index is 5.90. The molecule has 0 saturated carbocycles. The van der Waals surface area contributed by atoms with E-state index in [2.05, 4.69) is 40.6 Å². The molecular weight excluding hydrogens is 248 g/mol. The number of nitrogens with zero attached hydrogens (tertiary/aromatic N) is 1. The summed E-state index contributed by atoms with van der Waals surface area (Å²) in [6.45, 7) is 0.785. The van der Waals surface area contributed by atoms with Crippen LogP contribution in [0.5, 0.6) is 5.75 Å². The number of likely N-dealkylation sites (N-methyl/N-ethyl adjacent to an activating group) is 1. The number of pyridine rings is 1. The van der Waals surface area contributed by atoms with Crippen molar-refractivity contribution in [1.29, 1.82) is 0 Å². The minimum atomic E-state index is 0.422. The zero-order valence-corrected chi connectivity index (χ0v) is 11.8. The highest BCUT2D eigenvalue weighted by atomic mass is 16.5. The predicted molar refractivity (Wildman–Crippen MR) is 79.9 cm³/mol. The predicted octanol–water partition coefficient (Wildman–Crippen LogP) is 2.46. The van der Waals surface area contributed by atoms with Crippen molar-refractivity contribution in [1.82, 2.24) is 10.3 Å². The van der Waals surface area contributed by atoms with Gasteiger partial charge in [0.05, 0.1) is 6.61 Å². The zero-order chi connectivity index (χ0) is 13.8. The average molecular weight is 268 g/mol. The number of nitrogens with one attached hydrogen (secondary N) is 1. The maximum Gasteiger partial charge on any atom is 0.122 e. The summed E-state index contributed by atoms with van der Waals surface area (Å²) in [5, 5.41) is 3.45. The summed E-state index contributed by atoms with van der Waals surface area (Å²) in [6, 6.07) is 12.9. The van der Waals surface area contributed by atoms with E-state index in [1.165, 1.54) is 11.1 Å². The van der Waals surface area contributed by atoms with Gasteiger partial charge in [0, 0.05) is 24.4 Å². The molecule has 104 valence electrons. The van der Waals surface area contributed by atoms with E-state index in [1.807, 2.05) is 25.5 Å². The normalized spacial score (nSPS) is 18.9. The summed E-state index contributed by atoms with van der Waals surface area (Å²) in [7, 11) is 2.03. The average Bonchev–Trinajstić information content (AvgIpc) is 2.53. The van der Waals surface area contributed by atoms with Gasteiger partial charge >= 0.3 is 0 Å². The number of aromatic nitrogens is 1. The SMILES string of the molecule is CNC(Cc1ccncc1)C1COc2ccccc2C1. The molecule has 1 N–H and O–H groups in total. The molecule has 1 aromatic carbocycles. The number of benzene rings is 1. The first-order valence-corrected chi connectivity index (χ1v) is 7.13. The van der Waals surface area contributed by atoms with E-state index >= 15 is 0 Å². The van der Waals surface area contributed by atoms with Crippen LogP contribution in [0.15, 0.2) is 48.8 Å². The monoisotopic (exact) mass is 268 g/mol. The van der Waals surface area contributed by atoms with Gasteiger partial charge in [-0.25, -0.2) is 0 Å². The molecule has 0 amide bonds. The van der Waals surface area contributed by atoms with Crippen molar-refractivity contribution in [3.8, 4) is 5.75 Å². The van der Waals surface area contributed by atoms with Crippen molar-refractivity contribution < 1.29 is 4.74 Å². The largest absolute Gasteiger partial charge is 0.493 e. The third kappa shape index (κ3) is 2.83. The van der Waals surface area contributed by atoms with E-state index in [0.29, 0.717) is 12.0 Å². The molecule has 0 aliphatic carbocycles. The van der Waals surface area contributed by atoms with Crippen LogP contribution < -0.4 is 10.1 Å². The summed E-state index contributed by atoms with van der Waals surface area (Å²) in [6.07, 6.45) is 5.80. The van der Waals surface area contributed by atoms with Crippen LogP contribution in [-0.4, -0.2) is 24.7 Å². The zero-order valence-electron chi connectivity index (χ0n) is 11.8. The molecule has 0 spiro atoms. The minimum Gasteiger partial charge on any atom is -0.493 e. The van der Waals surface area contributed by atoms with Gasteiger partial charge in [-0.2, -0.15) is 0 Å². The van der Waals surface area contributed by atoms with E-state index in [1.54, 1.807) is 0 Å². The Labute approximate surface area is 120 Å². The van der Waals surface area contributed by atoms with E-state index in [4.69, 9.17) is 4.74 Å². The fraction of sp³-hybridized carbons (Fsp3) is 0.353. The fourth-order valence-corrected chi connectivity index (χ4v) is 2.89. The molecular formula is C17H20N2O. The lowest BCUT2D eigenvalue weighted by Crippen LogP contribution is -2.41. The highest BCUT2D eigenvalue weighted by molar-refractivity contribution is 5.35. The van der Waals surface area contributed by atoms with Crippen LogP contribution in [0.25, 0.3) is 0 Å². The number of rotatable bonds is 4. The van der Waals surface area contributed by atoms with E-state index in [0.717, 1.165) is 25.2 Å². The molecule has 1 aliphatic rings. The molecule has 0 radical (unpaired) electrons. The van der Waals surface area contributed by atoms with Gasteiger partial charge < -0.3 is 10.1 Å². The molecule has 2 heterocycles. The van der Waals surface area contributed by atoms with Crippen LogP contribution in [0.3, 0.4) is 0 Å². The quantitative estimate of drug-likeness (QED) is 0.925. The Bertz CT molecular complexity index is 556. The van der Waals surface area contributed by atoms with Gasteiger partial charge in [0.15, 0.2) is 0 Å². The van der Waals surface area contributed by atoms with Gasteiger partial charge in [0.2, 0.25) is 0 Å². The van der Waals surface area contributed by atoms with Crippen molar-refractivity contribution >= 4 is 0 Å². The third-order valence-electron chi connectivity index (χ3n) is 4.05. The smallest absolute Gasteiger partial charge is 0.122 e. The molecule has 1 aromatic heterocycles. The van der Waals surface area contributed by atoms with Gasteiger partial charge in [-0.1, -0.05) is 18.2 Å². The van der Waals surface area contributed by atoms with Crippen molar-refractivity contribution in [3.05, 3.63) is 59.9 Å². The van der Waals surface area contributed by atoms with Gasteiger partial charge in [0.25, 0.3) is 0 Å². The van der Waals surface area contributed by atoms with Crippen molar-refractivity contribution in [2.24, 2.45) is 5.92 Å². The second-order valence-electron chi connectivity index (χ2n) is 5.34. The van der Waals surface area contributed by atoms with Crippen LogP contribution in [0.1, 0.15) is 11.1 Å². The number of hydrogen-bond donors (Lipinski definition) is 1. The van der Waals surface area contributed by atoms with Gasteiger partial charge in [0.1, 0.15) is 5.75 Å². The molecule has 20 heavy (non-hydrogen) atoms. The highest BCUT2D eigenvalue weighted by Crippen LogP contribution is 2.29. The molecule has 3 nitrogen and oxygen atoms in total. The number of ether oxygens (including phenoxy) is 1. The molecule has 3 rings (SSSR count). The number of para-hydroxylation sites is 1. The summed E-state index contributed by atoms with van der Waals surface area (Å²) in [5.41, 5.74) is 2.64. The molecule has 2 aromatic rings. The lowest BCUT2D eigenvalue weighted by Gasteiger charge is -2.31. The third-order valence-corrected chi connectivity index (χ3v) is 4.05. The lowest BCUT2D eigenvalue weighted by molar-refractivity contribution is 0.187. The second kappa shape index (κ2) is 6.06. The standard InChI is InChI=1S/C17H20N2O/c1-18-16(10-13-6-8-19-9-7-13)15-11-14-4-2-3-5-17(14)20-12-15/h2-9,15-16,18H,10-12H2,1H3. The summed E-state index contributed by atoms with van der Waals surface area (Å²) in [4.78, 5) is 4.08. The Morgan fingerprint density at radius 2 is 2.05 bits per heavy atom. The van der Waals surface area contributed by atoms with Crippen molar-refractivity contribution in [3.63, 3.8) is 0 Å². The first-order chi connectivity index (χ1) is 9.86. The van der Waals surface area contributed by atoms with E-state index in [9.17, 15) is 0 Å². The van der Waals surface area contributed by atoms with E-state index < -0.39 is 0 Å². The summed E-state index contributed by atoms with van der Waals surface area (Å²) < 4.78 is 5.90. The van der Waals surface area contributed by atoms with Crippen LogP contribution in [0.2, 0.25) is 0 Å². The molecule has 2 unspecified atom stereocenters. The van der Waals surface area contributed by atoms with Crippen molar-refractivity contribution in [2.75, 3.05) is 13.7 Å². The van der Waals surface area contributed by atoms with Crippen LogP contribution in [0, 0.1) is 5.92 Å². The Kier molecular flexibility index (Phi) is 3.97. The topological polar surface area (TPSA) is 34.2 Å². The van der Waals surface area contributed by atoms with Gasteiger partial charge in [-0.05, 0) is 49.2 Å². The van der Waals surface area contributed by atoms with Gasteiger partial charge in [-0.15, -0.1) is 0 Å². The second-order valence-corrected chi connectivity index (χ2v) is 5.34. The summed E-state index contributed by atoms with van der Waals surface area (Å²) in [5.74, 6) is 1.55. The van der Waals surface area contributed by atoms with Gasteiger partial charge in [-0.3, -0.25) is 4.98 Å². The molecule has 2 atom stereocenters. The first-order valence-electron chi connectivity index (χ1n) is 7.13. The Morgan fingerprint density at radius 3 is 2.85 bits per heavy atom. The molecule has 1 aliphatic heterocycles. The van der Waals surface area contributed by atoms with Crippen molar-refractivity contribution in [2.45, 2.75) is 18.9 Å². The molecule has 3 heteroatoms. The highest BCUT2D eigenvalue weighted by Gasteiger charge is 2.26. The minimum absolute atomic E-state index is 0.422.